The van der Waals surface area contributed by atoms with Gasteiger partial charge in [-0.3, -0.25) is 0 Å². The summed E-state index contributed by atoms with van der Waals surface area (Å²) in [4.78, 5) is 3.74. The molecule has 2 N–H and O–H groups in total. The molecule has 35 heavy (non-hydrogen) atoms. The zero-order valence-corrected chi connectivity index (χ0v) is 21.5. The molecule has 8 heteroatoms. The minimum absolute atomic E-state index is 0.0412. The summed E-state index contributed by atoms with van der Waals surface area (Å²) in [6.45, 7) is 6.74. The number of aromatic nitrogens is 1. The number of aromatic amines is 1. The third kappa shape index (κ3) is 6.26. The molecule has 0 bridgehead atoms. The predicted octanol–water partition coefficient (Wildman–Crippen LogP) is 5.40. The van der Waals surface area contributed by atoms with E-state index in [0.717, 1.165) is 29.1 Å². The van der Waals surface area contributed by atoms with Crippen molar-refractivity contribution in [2.24, 2.45) is 0 Å². The number of hydrogen-bond donors (Lipinski definition) is 2. The Bertz CT molecular complexity index is 1320. The summed E-state index contributed by atoms with van der Waals surface area (Å²) >= 11 is 0. The lowest BCUT2D eigenvalue weighted by molar-refractivity contribution is 0.0920. The van der Waals surface area contributed by atoms with Crippen molar-refractivity contribution in [3.63, 3.8) is 0 Å². The Labute approximate surface area is 207 Å². The molecule has 0 unspecified atom stereocenters. The van der Waals surface area contributed by atoms with Gasteiger partial charge in [-0.2, -0.15) is 0 Å². The number of H-pyrrole nitrogens is 1. The van der Waals surface area contributed by atoms with Crippen molar-refractivity contribution >= 4 is 15.5 Å². The number of hydrogen-bond acceptors (Lipinski definition) is 6. The molecule has 0 saturated carbocycles. The Morgan fingerprint density at radius 3 is 2.29 bits per heavy atom. The molecule has 3 aromatic rings. The Morgan fingerprint density at radius 1 is 0.971 bits per heavy atom. The van der Waals surface area contributed by atoms with Crippen molar-refractivity contribution in [1.82, 2.24) is 10.3 Å². The van der Waals surface area contributed by atoms with Gasteiger partial charge < -0.3 is 24.5 Å². The fraction of sp³-hybridized carbons (Fsp3) is 0.333. The van der Waals surface area contributed by atoms with Crippen LogP contribution in [-0.2, 0) is 14.6 Å². The van der Waals surface area contributed by atoms with E-state index in [1.165, 1.54) is 18.4 Å². The molecule has 2 heterocycles. The van der Waals surface area contributed by atoms with Gasteiger partial charge in [0.25, 0.3) is 0 Å². The summed E-state index contributed by atoms with van der Waals surface area (Å²) in [6, 6.07) is 16.1. The molecule has 0 radical (unpaired) electrons. The highest BCUT2D eigenvalue weighted by molar-refractivity contribution is 7.90. The summed E-state index contributed by atoms with van der Waals surface area (Å²) in [7, 11) is -1.64. The highest BCUT2D eigenvalue weighted by atomic mass is 32.2. The molecule has 186 valence electrons. The van der Waals surface area contributed by atoms with Gasteiger partial charge in [-0.05, 0) is 75.7 Å². The maximum absolute atomic E-state index is 11.8. The van der Waals surface area contributed by atoms with Gasteiger partial charge in [-0.25, -0.2) is 8.42 Å². The molecule has 1 atom stereocenters. The molecule has 0 aliphatic carbocycles. The minimum Gasteiger partial charge on any atom is -0.488 e. The zero-order chi connectivity index (χ0) is 25.2. The van der Waals surface area contributed by atoms with E-state index < -0.39 is 9.84 Å². The van der Waals surface area contributed by atoms with Gasteiger partial charge in [0.1, 0.15) is 23.4 Å². The summed E-state index contributed by atoms with van der Waals surface area (Å²) < 4.78 is 40.9. The molecule has 1 aliphatic heterocycles. The number of sulfone groups is 1. The van der Waals surface area contributed by atoms with E-state index in [0.29, 0.717) is 23.9 Å². The molecule has 2 aromatic carbocycles. The van der Waals surface area contributed by atoms with Gasteiger partial charge in [0.05, 0.1) is 22.9 Å². The zero-order valence-electron chi connectivity index (χ0n) is 20.7. The SMILES string of the molecule is COC[C@H](C)Oc1cc(Oc2ccc(S(C)(=O)=O)cc2)cc(-c2ccc(C3=CCC(C)(C)N3)[nH]2)c1. The van der Waals surface area contributed by atoms with E-state index in [2.05, 4.69) is 36.3 Å². The predicted molar refractivity (Wildman–Crippen MR) is 138 cm³/mol. The average molecular weight is 497 g/mol. The van der Waals surface area contributed by atoms with Crippen LogP contribution in [0.2, 0.25) is 0 Å². The van der Waals surface area contributed by atoms with Crippen LogP contribution < -0.4 is 14.8 Å². The van der Waals surface area contributed by atoms with Crippen LogP contribution in [0.25, 0.3) is 17.0 Å². The Kier molecular flexibility index (Phi) is 6.96. The number of rotatable bonds is 9. The van der Waals surface area contributed by atoms with Gasteiger partial charge in [0.15, 0.2) is 9.84 Å². The van der Waals surface area contributed by atoms with Crippen LogP contribution in [0.15, 0.2) is 65.6 Å². The van der Waals surface area contributed by atoms with Gasteiger partial charge in [0, 0.05) is 36.2 Å². The number of ether oxygens (including phenoxy) is 3. The molecule has 0 fully saturated rings. The van der Waals surface area contributed by atoms with E-state index in [1.807, 2.05) is 31.2 Å². The number of methoxy groups -OCH3 is 1. The van der Waals surface area contributed by atoms with Crippen LogP contribution in [0, 0.1) is 0 Å². The lowest BCUT2D eigenvalue weighted by Gasteiger charge is -2.20. The lowest BCUT2D eigenvalue weighted by atomic mass is 10.1. The molecule has 7 nitrogen and oxygen atoms in total. The number of nitrogens with one attached hydrogen (secondary N) is 2. The number of benzene rings is 2. The third-order valence-corrected chi connectivity index (χ3v) is 6.81. The van der Waals surface area contributed by atoms with Crippen LogP contribution in [0.3, 0.4) is 0 Å². The molecule has 4 rings (SSSR count). The first kappa shape index (κ1) is 24.9. The molecule has 0 spiro atoms. The van der Waals surface area contributed by atoms with Crippen LogP contribution in [-0.4, -0.2) is 45.0 Å². The second kappa shape index (κ2) is 9.79. The van der Waals surface area contributed by atoms with Crippen molar-refractivity contribution in [2.75, 3.05) is 20.0 Å². The highest BCUT2D eigenvalue weighted by Crippen LogP contribution is 2.34. The fourth-order valence-electron chi connectivity index (χ4n) is 3.97. The summed E-state index contributed by atoms with van der Waals surface area (Å²) in [6.07, 6.45) is 4.20. The van der Waals surface area contributed by atoms with Crippen molar-refractivity contribution in [1.29, 1.82) is 0 Å². The topological polar surface area (TPSA) is 89.7 Å². The molecule has 0 amide bonds. The summed E-state index contributed by atoms with van der Waals surface area (Å²) in [5, 5.41) is 3.55. The first-order valence-electron chi connectivity index (χ1n) is 11.5. The molecule has 1 aromatic heterocycles. The monoisotopic (exact) mass is 496 g/mol. The maximum Gasteiger partial charge on any atom is 0.175 e. The molecular formula is C27H32N2O5S. The third-order valence-electron chi connectivity index (χ3n) is 5.68. The van der Waals surface area contributed by atoms with Crippen LogP contribution in [0.1, 0.15) is 32.9 Å². The largest absolute Gasteiger partial charge is 0.488 e. The van der Waals surface area contributed by atoms with Crippen molar-refractivity contribution in [3.8, 4) is 28.5 Å². The Balaban J connectivity index is 1.64. The van der Waals surface area contributed by atoms with Crippen LogP contribution in [0.5, 0.6) is 17.2 Å². The van der Waals surface area contributed by atoms with Gasteiger partial charge >= 0.3 is 0 Å². The lowest BCUT2D eigenvalue weighted by Crippen LogP contribution is -2.32. The van der Waals surface area contributed by atoms with Crippen LogP contribution in [0.4, 0.5) is 0 Å². The minimum atomic E-state index is -3.27. The Hall–Kier alpha value is -3.23. The van der Waals surface area contributed by atoms with Gasteiger partial charge in [-0.1, -0.05) is 6.08 Å². The molecule has 1 aliphatic rings. The van der Waals surface area contributed by atoms with Gasteiger partial charge in [-0.15, -0.1) is 0 Å². The normalized spacial score (nSPS) is 15.9. The van der Waals surface area contributed by atoms with E-state index in [9.17, 15) is 8.42 Å². The van der Waals surface area contributed by atoms with Gasteiger partial charge in [0.2, 0.25) is 0 Å². The smallest absolute Gasteiger partial charge is 0.175 e. The van der Waals surface area contributed by atoms with Crippen molar-refractivity contribution in [3.05, 3.63) is 66.4 Å². The quantitative estimate of drug-likeness (QED) is 0.412. The van der Waals surface area contributed by atoms with E-state index >= 15 is 0 Å². The van der Waals surface area contributed by atoms with Crippen LogP contribution >= 0.6 is 0 Å². The molecular weight excluding hydrogens is 464 g/mol. The van der Waals surface area contributed by atoms with Crippen molar-refractivity contribution < 1.29 is 22.6 Å². The van der Waals surface area contributed by atoms with Crippen molar-refractivity contribution in [2.45, 2.75) is 43.7 Å². The summed E-state index contributed by atoms with van der Waals surface area (Å²) in [5.41, 5.74) is 3.97. The highest BCUT2D eigenvalue weighted by Gasteiger charge is 2.24. The maximum atomic E-state index is 11.8. The standard InChI is InChI=1S/C27H32N2O5S/c1-18(17-32-4)33-21-14-19(24-10-11-25(28-24)26-12-13-27(2,3)29-26)15-22(16-21)34-20-6-8-23(9-7-20)35(5,30)31/h6-12,14-16,18,28-29H,13,17H2,1-5H3/t18-/m0/s1. The average Bonchev–Trinajstić information content (AvgIpc) is 3.40. The van der Waals surface area contributed by atoms with E-state index in [-0.39, 0.29) is 16.5 Å². The Morgan fingerprint density at radius 2 is 1.66 bits per heavy atom. The second-order valence-electron chi connectivity index (χ2n) is 9.54. The summed E-state index contributed by atoms with van der Waals surface area (Å²) in [5.74, 6) is 1.75. The molecule has 0 saturated heterocycles. The first-order chi connectivity index (χ1) is 16.5. The van der Waals surface area contributed by atoms with E-state index in [1.54, 1.807) is 19.2 Å². The van der Waals surface area contributed by atoms with E-state index in [4.69, 9.17) is 14.2 Å². The fourth-order valence-corrected chi connectivity index (χ4v) is 4.60. The second-order valence-corrected chi connectivity index (χ2v) is 11.6. The first-order valence-corrected chi connectivity index (χ1v) is 13.4.